The van der Waals surface area contributed by atoms with Gasteiger partial charge in [-0.25, -0.2) is 8.42 Å². The summed E-state index contributed by atoms with van der Waals surface area (Å²) in [4.78, 5) is 0. The first kappa shape index (κ1) is 15.0. The number of hydrogen-bond donors (Lipinski definition) is 1. The Kier molecular flexibility index (Phi) is 6.19. The van der Waals surface area contributed by atoms with Crippen LogP contribution in [0.3, 0.4) is 0 Å². The molecule has 0 aromatic heterocycles. The smallest absolute Gasteiger partial charge is 0.154 e. The van der Waals surface area contributed by atoms with Crippen LogP contribution in [0.1, 0.15) is 44.6 Å². The standard InChI is InChI=1S/C14H23NO2S/c1-2-3-4-5-6-11-18(16,17)12-13-7-9-14(15)10-8-13/h7-10H,2-6,11-12,15H2,1H3. The molecule has 0 saturated heterocycles. The molecule has 0 bridgehead atoms. The topological polar surface area (TPSA) is 60.2 Å². The zero-order valence-corrected chi connectivity index (χ0v) is 11.9. The van der Waals surface area contributed by atoms with Crippen LogP contribution in [0.25, 0.3) is 0 Å². The van der Waals surface area contributed by atoms with E-state index in [1.165, 1.54) is 12.8 Å². The van der Waals surface area contributed by atoms with Crippen LogP contribution < -0.4 is 5.73 Å². The molecule has 0 heterocycles. The normalized spacial score (nSPS) is 11.6. The Balaban J connectivity index is 2.37. The molecule has 0 saturated carbocycles. The average Bonchev–Trinajstić information content (AvgIpc) is 2.31. The summed E-state index contributed by atoms with van der Waals surface area (Å²) in [6.07, 6.45) is 5.29. The number of hydrogen-bond acceptors (Lipinski definition) is 3. The summed E-state index contributed by atoms with van der Waals surface area (Å²) in [7, 11) is -2.98. The summed E-state index contributed by atoms with van der Waals surface area (Å²) in [5.74, 6) is 0.419. The van der Waals surface area contributed by atoms with Gasteiger partial charge in [-0.2, -0.15) is 0 Å². The maximum Gasteiger partial charge on any atom is 0.154 e. The minimum Gasteiger partial charge on any atom is -0.399 e. The minimum absolute atomic E-state index is 0.126. The van der Waals surface area contributed by atoms with Crippen molar-refractivity contribution in [2.75, 3.05) is 11.5 Å². The molecule has 1 rings (SSSR count). The summed E-state index contributed by atoms with van der Waals surface area (Å²) in [5.41, 5.74) is 7.05. The molecular weight excluding hydrogens is 246 g/mol. The van der Waals surface area contributed by atoms with E-state index in [4.69, 9.17) is 5.73 Å². The van der Waals surface area contributed by atoms with Gasteiger partial charge in [-0.05, 0) is 24.1 Å². The van der Waals surface area contributed by atoms with E-state index in [1.807, 2.05) is 0 Å². The molecule has 102 valence electrons. The lowest BCUT2D eigenvalue weighted by atomic mass is 10.2. The van der Waals surface area contributed by atoms with Crippen molar-refractivity contribution >= 4 is 15.5 Å². The van der Waals surface area contributed by atoms with Gasteiger partial charge >= 0.3 is 0 Å². The van der Waals surface area contributed by atoms with Gasteiger partial charge in [-0.1, -0.05) is 44.7 Å². The van der Waals surface area contributed by atoms with Crippen molar-refractivity contribution in [2.24, 2.45) is 0 Å². The quantitative estimate of drug-likeness (QED) is 0.582. The van der Waals surface area contributed by atoms with Crippen molar-refractivity contribution in [2.45, 2.75) is 44.8 Å². The molecule has 2 N–H and O–H groups in total. The highest BCUT2D eigenvalue weighted by Crippen LogP contribution is 2.12. The second kappa shape index (κ2) is 7.41. The molecule has 1 aromatic rings. The number of anilines is 1. The number of sulfone groups is 1. The third-order valence-electron chi connectivity index (χ3n) is 2.93. The summed E-state index contributed by atoms with van der Waals surface area (Å²) in [6, 6.07) is 7.05. The number of unbranched alkanes of at least 4 members (excludes halogenated alkanes) is 4. The summed E-state index contributed by atoms with van der Waals surface area (Å²) in [6.45, 7) is 2.15. The zero-order chi connectivity index (χ0) is 13.4. The largest absolute Gasteiger partial charge is 0.399 e. The number of rotatable bonds is 8. The zero-order valence-electron chi connectivity index (χ0n) is 11.1. The Morgan fingerprint density at radius 2 is 1.61 bits per heavy atom. The van der Waals surface area contributed by atoms with Crippen LogP contribution >= 0.6 is 0 Å². The predicted octanol–water partition coefficient (Wildman–Crippen LogP) is 3.15. The van der Waals surface area contributed by atoms with Gasteiger partial charge in [0, 0.05) is 5.69 Å². The van der Waals surface area contributed by atoms with Crippen LogP contribution in [-0.4, -0.2) is 14.2 Å². The van der Waals surface area contributed by atoms with Gasteiger partial charge in [0.15, 0.2) is 9.84 Å². The number of nitrogens with two attached hydrogens (primary N) is 1. The molecule has 0 aliphatic heterocycles. The summed E-state index contributed by atoms with van der Waals surface area (Å²) >= 11 is 0. The molecule has 0 amide bonds. The maximum absolute atomic E-state index is 11.9. The van der Waals surface area contributed by atoms with Gasteiger partial charge in [0.2, 0.25) is 0 Å². The van der Waals surface area contributed by atoms with Crippen molar-refractivity contribution in [3.63, 3.8) is 0 Å². The number of benzene rings is 1. The first-order valence-corrected chi connectivity index (χ1v) is 8.40. The number of nitrogen functional groups attached to an aromatic ring is 1. The Hall–Kier alpha value is -1.03. The molecule has 0 aliphatic carbocycles. The molecule has 0 unspecified atom stereocenters. The van der Waals surface area contributed by atoms with E-state index in [9.17, 15) is 8.42 Å². The SMILES string of the molecule is CCCCCCCS(=O)(=O)Cc1ccc(N)cc1. The lowest BCUT2D eigenvalue weighted by Gasteiger charge is -2.05. The van der Waals surface area contributed by atoms with Crippen LogP contribution in [0.15, 0.2) is 24.3 Å². The average molecular weight is 269 g/mol. The molecule has 1 aromatic carbocycles. The van der Waals surface area contributed by atoms with Crippen LogP contribution in [0, 0.1) is 0 Å². The fraction of sp³-hybridized carbons (Fsp3) is 0.571. The fourth-order valence-electron chi connectivity index (χ4n) is 1.87. The van der Waals surface area contributed by atoms with E-state index in [0.717, 1.165) is 24.8 Å². The third kappa shape index (κ3) is 6.05. The molecule has 3 nitrogen and oxygen atoms in total. The van der Waals surface area contributed by atoms with E-state index in [0.29, 0.717) is 11.4 Å². The van der Waals surface area contributed by atoms with Crippen LogP contribution in [-0.2, 0) is 15.6 Å². The van der Waals surface area contributed by atoms with E-state index < -0.39 is 9.84 Å². The predicted molar refractivity (Wildman–Crippen MR) is 77.1 cm³/mol. The van der Waals surface area contributed by atoms with Gasteiger partial charge in [0.05, 0.1) is 11.5 Å². The highest BCUT2D eigenvalue weighted by molar-refractivity contribution is 7.90. The van der Waals surface area contributed by atoms with Crippen molar-refractivity contribution in [1.82, 2.24) is 0 Å². The van der Waals surface area contributed by atoms with Crippen molar-refractivity contribution in [1.29, 1.82) is 0 Å². The second-order valence-electron chi connectivity index (χ2n) is 4.75. The first-order valence-electron chi connectivity index (χ1n) is 6.58. The Morgan fingerprint density at radius 3 is 2.22 bits per heavy atom. The van der Waals surface area contributed by atoms with Crippen molar-refractivity contribution in [3.05, 3.63) is 29.8 Å². The highest BCUT2D eigenvalue weighted by atomic mass is 32.2. The van der Waals surface area contributed by atoms with Gasteiger partial charge in [0.1, 0.15) is 0 Å². The molecule has 0 atom stereocenters. The van der Waals surface area contributed by atoms with Crippen LogP contribution in [0.5, 0.6) is 0 Å². The molecule has 4 heteroatoms. The van der Waals surface area contributed by atoms with Crippen molar-refractivity contribution in [3.8, 4) is 0 Å². The van der Waals surface area contributed by atoms with E-state index in [1.54, 1.807) is 24.3 Å². The lowest BCUT2D eigenvalue weighted by molar-refractivity contribution is 0.586. The molecule has 0 aliphatic rings. The van der Waals surface area contributed by atoms with Gasteiger partial charge < -0.3 is 5.73 Å². The fourth-order valence-corrected chi connectivity index (χ4v) is 3.35. The first-order chi connectivity index (χ1) is 8.53. The molecule has 18 heavy (non-hydrogen) atoms. The Bertz CT molecular complexity index is 437. The highest BCUT2D eigenvalue weighted by Gasteiger charge is 2.11. The maximum atomic E-state index is 11.9. The lowest BCUT2D eigenvalue weighted by Crippen LogP contribution is -2.09. The minimum atomic E-state index is -2.98. The molecule has 0 fully saturated rings. The summed E-state index contributed by atoms with van der Waals surface area (Å²) in [5, 5.41) is 0. The second-order valence-corrected chi connectivity index (χ2v) is 6.93. The van der Waals surface area contributed by atoms with Gasteiger partial charge in [0.25, 0.3) is 0 Å². The Labute approximate surface area is 110 Å². The van der Waals surface area contributed by atoms with Gasteiger partial charge in [-0.3, -0.25) is 0 Å². The molecular formula is C14H23NO2S. The molecule has 0 spiro atoms. The monoisotopic (exact) mass is 269 g/mol. The third-order valence-corrected chi connectivity index (χ3v) is 4.61. The van der Waals surface area contributed by atoms with Crippen molar-refractivity contribution < 1.29 is 8.42 Å². The van der Waals surface area contributed by atoms with Gasteiger partial charge in [-0.15, -0.1) is 0 Å². The van der Waals surface area contributed by atoms with E-state index >= 15 is 0 Å². The van der Waals surface area contributed by atoms with E-state index in [2.05, 4.69) is 6.92 Å². The van der Waals surface area contributed by atoms with E-state index in [-0.39, 0.29) is 5.75 Å². The summed E-state index contributed by atoms with van der Waals surface area (Å²) < 4.78 is 23.8. The van der Waals surface area contributed by atoms with Crippen LogP contribution in [0.4, 0.5) is 5.69 Å². The molecule has 0 radical (unpaired) electrons. The van der Waals surface area contributed by atoms with Crippen LogP contribution in [0.2, 0.25) is 0 Å². The Morgan fingerprint density at radius 1 is 1.00 bits per heavy atom.